The average molecular weight is 303 g/mol. The predicted octanol–water partition coefficient (Wildman–Crippen LogP) is 1.02. The van der Waals surface area contributed by atoms with Crippen LogP contribution in [-0.2, 0) is 21.4 Å². The summed E-state index contributed by atoms with van der Waals surface area (Å²) in [7, 11) is -2.06. The molecule has 0 bridgehead atoms. The van der Waals surface area contributed by atoms with Gasteiger partial charge in [-0.15, -0.1) is 0 Å². The van der Waals surface area contributed by atoms with E-state index in [-0.39, 0.29) is 29.8 Å². The van der Waals surface area contributed by atoms with Gasteiger partial charge in [-0.25, -0.2) is 8.42 Å². The Morgan fingerprint density at radius 1 is 1.45 bits per heavy atom. The Kier molecular flexibility index (Phi) is 5.29. The fraction of sp³-hybridized carbons (Fsp3) is 0.667. The van der Waals surface area contributed by atoms with E-state index in [4.69, 9.17) is 5.11 Å². The molecule has 0 saturated heterocycles. The molecule has 0 saturated carbocycles. The molecule has 0 aliphatic heterocycles. The molecular formula is C12H21N3O4S. The number of carboxylic acids is 1. The summed E-state index contributed by atoms with van der Waals surface area (Å²) in [6.07, 6.45) is 2.52. The standard InChI is InChI=1S/C12H21N3O4S/c1-9(2)10(3)14(4)20(18,19)11-7-13-15(8-11)6-5-12(16)17/h7-10H,5-6H2,1-4H3,(H,16,17). The number of nitrogens with zero attached hydrogens (tertiary/aromatic N) is 3. The van der Waals surface area contributed by atoms with Crippen molar-refractivity contribution in [1.82, 2.24) is 14.1 Å². The summed E-state index contributed by atoms with van der Waals surface area (Å²) >= 11 is 0. The van der Waals surface area contributed by atoms with Gasteiger partial charge in [-0.05, 0) is 12.8 Å². The van der Waals surface area contributed by atoms with E-state index in [1.165, 1.54) is 28.4 Å². The number of aliphatic carboxylic acids is 1. The first-order valence-electron chi connectivity index (χ1n) is 6.38. The summed E-state index contributed by atoms with van der Waals surface area (Å²) in [6, 6.07) is -0.137. The Morgan fingerprint density at radius 2 is 2.05 bits per heavy atom. The minimum absolute atomic E-state index is 0.0814. The van der Waals surface area contributed by atoms with E-state index in [2.05, 4.69) is 5.10 Å². The van der Waals surface area contributed by atoms with Crippen molar-refractivity contribution in [2.45, 2.75) is 44.7 Å². The van der Waals surface area contributed by atoms with Crippen molar-refractivity contribution in [2.24, 2.45) is 5.92 Å². The monoisotopic (exact) mass is 303 g/mol. The summed E-state index contributed by atoms with van der Waals surface area (Å²) in [5.41, 5.74) is 0. The van der Waals surface area contributed by atoms with E-state index in [1.54, 1.807) is 0 Å². The molecule has 1 atom stereocenters. The van der Waals surface area contributed by atoms with E-state index in [0.717, 1.165) is 0 Å². The van der Waals surface area contributed by atoms with Crippen molar-refractivity contribution < 1.29 is 18.3 Å². The molecule has 1 rings (SSSR count). The van der Waals surface area contributed by atoms with Gasteiger partial charge in [-0.3, -0.25) is 9.48 Å². The molecule has 0 radical (unpaired) electrons. The zero-order chi connectivity index (χ0) is 15.5. The summed E-state index contributed by atoms with van der Waals surface area (Å²) in [5.74, 6) is -0.757. The minimum Gasteiger partial charge on any atom is -0.481 e. The first-order chi connectivity index (χ1) is 9.16. The fourth-order valence-electron chi connectivity index (χ4n) is 1.62. The van der Waals surface area contributed by atoms with Gasteiger partial charge in [0.25, 0.3) is 0 Å². The molecular weight excluding hydrogens is 282 g/mol. The quantitative estimate of drug-likeness (QED) is 0.812. The summed E-state index contributed by atoms with van der Waals surface area (Å²) in [4.78, 5) is 10.6. The SMILES string of the molecule is CC(C)C(C)N(C)S(=O)(=O)c1cnn(CCC(=O)O)c1. The number of hydrogen-bond donors (Lipinski definition) is 1. The normalized spacial score (nSPS) is 13.9. The van der Waals surface area contributed by atoms with Gasteiger partial charge in [0.15, 0.2) is 0 Å². The summed E-state index contributed by atoms with van der Waals surface area (Å²) in [5, 5.41) is 12.5. The Labute approximate surface area is 119 Å². The Morgan fingerprint density at radius 3 is 2.55 bits per heavy atom. The highest BCUT2D eigenvalue weighted by molar-refractivity contribution is 7.89. The number of carboxylic acid groups (broad SMARTS) is 1. The van der Waals surface area contributed by atoms with Crippen molar-refractivity contribution in [1.29, 1.82) is 0 Å². The van der Waals surface area contributed by atoms with Crippen LogP contribution in [0.5, 0.6) is 0 Å². The van der Waals surface area contributed by atoms with Gasteiger partial charge in [0.05, 0.1) is 19.2 Å². The van der Waals surface area contributed by atoms with Gasteiger partial charge in [-0.2, -0.15) is 9.40 Å². The predicted molar refractivity (Wildman–Crippen MR) is 73.7 cm³/mol. The molecule has 114 valence electrons. The van der Waals surface area contributed by atoms with Gasteiger partial charge in [0.2, 0.25) is 10.0 Å². The van der Waals surface area contributed by atoms with Crippen molar-refractivity contribution in [3.05, 3.63) is 12.4 Å². The van der Waals surface area contributed by atoms with Crippen LogP contribution in [0.1, 0.15) is 27.2 Å². The lowest BCUT2D eigenvalue weighted by Gasteiger charge is -2.26. The molecule has 0 spiro atoms. The van der Waals surface area contributed by atoms with Crippen molar-refractivity contribution in [2.75, 3.05) is 7.05 Å². The van der Waals surface area contributed by atoms with Gasteiger partial charge in [0.1, 0.15) is 4.90 Å². The van der Waals surface area contributed by atoms with Crippen LogP contribution >= 0.6 is 0 Å². The maximum absolute atomic E-state index is 12.4. The zero-order valence-corrected chi connectivity index (χ0v) is 13.0. The number of aryl methyl sites for hydroxylation is 1. The Bertz CT molecular complexity index is 565. The molecule has 1 aromatic rings. The van der Waals surface area contributed by atoms with Crippen LogP contribution in [0, 0.1) is 5.92 Å². The lowest BCUT2D eigenvalue weighted by atomic mass is 10.1. The van der Waals surface area contributed by atoms with E-state index >= 15 is 0 Å². The van der Waals surface area contributed by atoms with Crippen molar-refractivity contribution in [3.8, 4) is 0 Å². The second-order valence-corrected chi connectivity index (χ2v) is 7.09. The number of aromatic nitrogens is 2. The molecule has 0 aromatic carbocycles. The molecule has 20 heavy (non-hydrogen) atoms. The number of carbonyl (C=O) groups is 1. The summed E-state index contributed by atoms with van der Waals surface area (Å²) < 4.78 is 27.4. The van der Waals surface area contributed by atoms with Crippen LogP contribution in [0.15, 0.2) is 17.3 Å². The second-order valence-electron chi connectivity index (χ2n) is 5.09. The topological polar surface area (TPSA) is 92.5 Å². The van der Waals surface area contributed by atoms with E-state index in [0.29, 0.717) is 0 Å². The third-order valence-electron chi connectivity index (χ3n) is 3.38. The van der Waals surface area contributed by atoms with E-state index in [1.807, 2.05) is 20.8 Å². The summed E-state index contributed by atoms with van der Waals surface area (Å²) in [6.45, 7) is 5.89. The average Bonchev–Trinajstić information content (AvgIpc) is 2.83. The van der Waals surface area contributed by atoms with Crippen LogP contribution in [0.2, 0.25) is 0 Å². The molecule has 7 nitrogen and oxygen atoms in total. The highest BCUT2D eigenvalue weighted by Crippen LogP contribution is 2.19. The number of rotatable bonds is 7. The smallest absolute Gasteiger partial charge is 0.305 e. The lowest BCUT2D eigenvalue weighted by molar-refractivity contribution is -0.137. The minimum atomic E-state index is -3.60. The fourth-order valence-corrected chi connectivity index (χ4v) is 3.06. The third-order valence-corrected chi connectivity index (χ3v) is 5.28. The molecule has 0 aliphatic rings. The van der Waals surface area contributed by atoms with Crippen LogP contribution in [0.4, 0.5) is 0 Å². The van der Waals surface area contributed by atoms with Crippen molar-refractivity contribution in [3.63, 3.8) is 0 Å². The van der Waals surface area contributed by atoms with Crippen LogP contribution in [0.25, 0.3) is 0 Å². The maximum atomic E-state index is 12.4. The highest BCUT2D eigenvalue weighted by atomic mass is 32.2. The number of hydrogen-bond acceptors (Lipinski definition) is 4. The molecule has 0 fully saturated rings. The first kappa shape index (κ1) is 16.6. The van der Waals surface area contributed by atoms with Gasteiger partial charge in [-0.1, -0.05) is 13.8 Å². The third kappa shape index (κ3) is 3.80. The lowest BCUT2D eigenvalue weighted by Crippen LogP contribution is -2.38. The van der Waals surface area contributed by atoms with Gasteiger partial charge >= 0.3 is 5.97 Å². The largest absolute Gasteiger partial charge is 0.481 e. The molecule has 1 N–H and O–H groups in total. The van der Waals surface area contributed by atoms with Crippen LogP contribution in [0.3, 0.4) is 0 Å². The van der Waals surface area contributed by atoms with Gasteiger partial charge in [0, 0.05) is 19.3 Å². The zero-order valence-electron chi connectivity index (χ0n) is 12.1. The van der Waals surface area contributed by atoms with Crippen molar-refractivity contribution >= 4 is 16.0 Å². The molecule has 8 heteroatoms. The van der Waals surface area contributed by atoms with Crippen LogP contribution < -0.4 is 0 Å². The van der Waals surface area contributed by atoms with E-state index in [9.17, 15) is 13.2 Å². The van der Waals surface area contributed by atoms with E-state index < -0.39 is 16.0 Å². The Hall–Kier alpha value is -1.41. The molecule has 1 heterocycles. The molecule has 1 unspecified atom stereocenters. The van der Waals surface area contributed by atoms with Crippen LogP contribution in [-0.4, -0.2) is 46.7 Å². The highest BCUT2D eigenvalue weighted by Gasteiger charge is 2.28. The van der Waals surface area contributed by atoms with Gasteiger partial charge < -0.3 is 5.11 Å². The Balaban J connectivity index is 2.91. The molecule has 0 aliphatic carbocycles. The molecule has 0 amide bonds. The molecule has 1 aromatic heterocycles. The first-order valence-corrected chi connectivity index (χ1v) is 7.82. The second kappa shape index (κ2) is 6.36. The number of sulfonamides is 1. The maximum Gasteiger partial charge on any atom is 0.305 e.